The number of carbonyl (C=O) groups is 1. The highest BCUT2D eigenvalue weighted by atomic mass is 19.4. The van der Waals surface area contributed by atoms with Crippen LogP contribution in [-0.4, -0.2) is 55.3 Å². The number of amides is 1. The molecule has 1 aromatic heterocycles. The Balaban J connectivity index is 1.63. The Morgan fingerprint density at radius 2 is 2.09 bits per heavy atom. The highest BCUT2D eigenvalue weighted by molar-refractivity contribution is 5.98. The molecular formula is C21H25F3N4O4. The number of nitrogens with zero attached hydrogens (tertiary/aromatic N) is 2. The number of hydrogen-bond acceptors (Lipinski definition) is 6. The number of alkyl halides is 3. The normalized spacial score (nSPS) is 22.7. The lowest BCUT2D eigenvalue weighted by atomic mass is 9.96. The summed E-state index contributed by atoms with van der Waals surface area (Å²) >= 11 is 0. The second-order valence-electron chi connectivity index (χ2n) is 7.80. The van der Waals surface area contributed by atoms with Crippen molar-refractivity contribution >= 4 is 11.7 Å². The zero-order valence-corrected chi connectivity index (χ0v) is 17.7. The molecule has 3 heterocycles. The maximum Gasteiger partial charge on any atom is 0.410 e. The molecule has 0 spiro atoms. The molecular weight excluding hydrogens is 429 g/mol. The van der Waals surface area contributed by atoms with E-state index >= 15 is 0 Å². The van der Waals surface area contributed by atoms with Crippen molar-refractivity contribution in [2.45, 2.75) is 43.6 Å². The quantitative estimate of drug-likeness (QED) is 0.695. The summed E-state index contributed by atoms with van der Waals surface area (Å²) in [5.74, 6) is 0.411. The topological polar surface area (TPSA) is 86.6 Å². The average molecular weight is 454 g/mol. The Hall–Kier alpha value is -2.95. The predicted molar refractivity (Wildman–Crippen MR) is 109 cm³/mol. The molecule has 1 amide bonds. The van der Waals surface area contributed by atoms with Gasteiger partial charge in [-0.15, -0.1) is 0 Å². The summed E-state index contributed by atoms with van der Waals surface area (Å²) in [6, 6.07) is 2.36. The van der Waals surface area contributed by atoms with Gasteiger partial charge in [0, 0.05) is 19.6 Å². The summed E-state index contributed by atoms with van der Waals surface area (Å²) in [5, 5.41) is 9.71. The van der Waals surface area contributed by atoms with Crippen LogP contribution in [-0.2, 0) is 4.74 Å². The van der Waals surface area contributed by atoms with Crippen LogP contribution in [0.4, 0.5) is 19.0 Å². The zero-order chi connectivity index (χ0) is 22.9. The number of anilines is 1. The fourth-order valence-corrected chi connectivity index (χ4v) is 4.12. The van der Waals surface area contributed by atoms with Crippen molar-refractivity contribution in [1.29, 1.82) is 0 Å². The number of fused-ring (bicyclic) bond motifs is 1. The highest BCUT2D eigenvalue weighted by Gasteiger charge is 2.47. The Bertz CT molecular complexity index is 972. The lowest BCUT2D eigenvalue weighted by molar-refractivity contribution is -0.173. The number of nitrogens with one attached hydrogen (secondary N) is 2. The van der Waals surface area contributed by atoms with E-state index in [9.17, 15) is 18.0 Å². The van der Waals surface area contributed by atoms with E-state index in [0.717, 1.165) is 17.5 Å². The molecule has 8 nitrogen and oxygen atoms in total. The Morgan fingerprint density at radius 1 is 1.31 bits per heavy atom. The Morgan fingerprint density at radius 3 is 2.75 bits per heavy atom. The van der Waals surface area contributed by atoms with Crippen molar-refractivity contribution in [2.75, 3.05) is 32.7 Å². The van der Waals surface area contributed by atoms with Gasteiger partial charge in [0.2, 0.25) is 0 Å². The van der Waals surface area contributed by atoms with E-state index in [4.69, 9.17) is 14.2 Å². The first-order chi connectivity index (χ1) is 15.3. The number of halogens is 3. The molecule has 0 bridgehead atoms. The minimum Gasteiger partial charge on any atom is -0.493 e. The Labute approximate surface area is 183 Å². The van der Waals surface area contributed by atoms with Crippen molar-refractivity contribution in [3.8, 4) is 11.5 Å². The van der Waals surface area contributed by atoms with E-state index in [1.807, 2.05) is 0 Å². The maximum atomic E-state index is 13.9. The molecule has 1 saturated heterocycles. The third-order valence-electron chi connectivity index (χ3n) is 5.81. The molecule has 2 aliphatic rings. The van der Waals surface area contributed by atoms with E-state index in [2.05, 4.69) is 15.7 Å². The van der Waals surface area contributed by atoms with Gasteiger partial charge in [0.25, 0.3) is 5.91 Å². The summed E-state index contributed by atoms with van der Waals surface area (Å²) in [7, 11) is 2.94. The molecule has 0 saturated carbocycles. The van der Waals surface area contributed by atoms with Crippen molar-refractivity contribution in [3.63, 3.8) is 0 Å². The van der Waals surface area contributed by atoms with E-state index in [1.165, 1.54) is 20.4 Å². The first kappa shape index (κ1) is 22.3. The molecule has 3 atom stereocenters. The summed E-state index contributed by atoms with van der Waals surface area (Å²) < 4.78 is 58.5. The van der Waals surface area contributed by atoms with Gasteiger partial charge in [-0.3, -0.25) is 4.79 Å². The van der Waals surface area contributed by atoms with Crippen molar-refractivity contribution in [3.05, 3.63) is 35.5 Å². The minimum absolute atomic E-state index is 0.0307. The van der Waals surface area contributed by atoms with E-state index in [0.29, 0.717) is 30.2 Å². The van der Waals surface area contributed by atoms with Crippen LogP contribution in [0.15, 0.2) is 24.4 Å². The van der Waals surface area contributed by atoms with Gasteiger partial charge in [0.05, 0.1) is 32.6 Å². The number of rotatable bonds is 6. The van der Waals surface area contributed by atoms with Gasteiger partial charge in [0.1, 0.15) is 11.4 Å². The molecule has 174 valence electrons. The van der Waals surface area contributed by atoms with Crippen LogP contribution in [0.25, 0.3) is 0 Å². The highest BCUT2D eigenvalue weighted by Crippen LogP contribution is 2.45. The molecule has 2 aromatic rings. The zero-order valence-electron chi connectivity index (χ0n) is 17.7. The summed E-state index contributed by atoms with van der Waals surface area (Å²) in [6.07, 6.45) is -1.98. The standard InChI is InChI=1S/C21H25F3N4O4/c1-30-16-6-5-12(8-17(16)31-2)15-9-18(21(22,23)24)28-19(27-15)14(11-26-28)20(29)25-10-13-4-3-7-32-13/h5-6,8,11,13,15,18,27H,3-4,7,9-10H2,1-2H3,(H,25,29)/t13-,15-,18+/m0/s1. The fraction of sp³-hybridized carbons (Fsp3) is 0.524. The van der Waals surface area contributed by atoms with E-state index < -0.39 is 24.2 Å². The minimum atomic E-state index is -4.54. The van der Waals surface area contributed by atoms with Crippen molar-refractivity contribution in [2.24, 2.45) is 0 Å². The van der Waals surface area contributed by atoms with Crippen LogP contribution in [0.5, 0.6) is 11.5 Å². The van der Waals surface area contributed by atoms with Gasteiger partial charge in [-0.2, -0.15) is 18.3 Å². The predicted octanol–water partition coefficient (Wildman–Crippen LogP) is 3.47. The van der Waals surface area contributed by atoms with E-state index in [-0.39, 0.29) is 23.9 Å². The molecule has 1 fully saturated rings. The first-order valence-electron chi connectivity index (χ1n) is 10.3. The third kappa shape index (κ3) is 4.34. The number of methoxy groups -OCH3 is 2. The molecule has 11 heteroatoms. The number of carbonyl (C=O) groups excluding carboxylic acids is 1. The van der Waals surface area contributed by atoms with E-state index in [1.54, 1.807) is 18.2 Å². The van der Waals surface area contributed by atoms with Crippen molar-refractivity contribution < 1.29 is 32.2 Å². The molecule has 0 aliphatic carbocycles. The van der Waals surface area contributed by atoms with Gasteiger partial charge < -0.3 is 24.8 Å². The molecule has 32 heavy (non-hydrogen) atoms. The van der Waals surface area contributed by atoms with Crippen LogP contribution in [0.1, 0.15) is 47.3 Å². The van der Waals surface area contributed by atoms with Crippen LogP contribution >= 0.6 is 0 Å². The number of benzene rings is 1. The third-order valence-corrected chi connectivity index (χ3v) is 5.81. The van der Waals surface area contributed by atoms with Crippen LogP contribution in [0.3, 0.4) is 0 Å². The first-order valence-corrected chi connectivity index (χ1v) is 10.3. The Kier molecular flexibility index (Phi) is 6.18. The number of hydrogen-bond donors (Lipinski definition) is 2. The SMILES string of the molecule is COc1ccc([C@@H]2C[C@H](C(F)(F)F)n3ncc(C(=O)NC[C@@H]4CCCO4)c3N2)cc1OC. The number of ether oxygens (including phenoxy) is 3. The van der Waals surface area contributed by atoms with Crippen molar-refractivity contribution in [1.82, 2.24) is 15.1 Å². The summed E-state index contributed by atoms with van der Waals surface area (Å²) in [4.78, 5) is 12.7. The summed E-state index contributed by atoms with van der Waals surface area (Å²) in [6.45, 7) is 0.941. The van der Waals surface area contributed by atoms with Crippen LogP contribution in [0, 0.1) is 0 Å². The average Bonchev–Trinajstić information content (AvgIpc) is 3.45. The molecule has 2 N–H and O–H groups in total. The number of aromatic nitrogens is 2. The largest absolute Gasteiger partial charge is 0.493 e. The lowest BCUT2D eigenvalue weighted by Gasteiger charge is -2.34. The summed E-state index contributed by atoms with van der Waals surface area (Å²) in [5.41, 5.74) is 0.637. The van der Waals surface area contributed by atoms with Gasteiger partial charge in [-0.25, -0.2) is 4.68 Å². The smallest absolute Gasteiger partial charge is 0.410 e. The molecule has 0 unspecified atom stereocenters. The molecule has 2 aliphatic heterocycles. The molecule has 4 rings (SSSR count). The second kappa shape index (κ2) is 8.89. The van der Waals surface area contributed by atoms with Gasteiger partial charge in [-0.05, 0) is 30.5 Å². The fourth-order valence-electron chi connectivity index (χ4n) is 4.12. The van der Waals surface area contributed by atoms with Gasteiger partial charge >= 0.3 is 6.18 Å². The second-order valence-corrected chi connectivity index (χ2v) is 7.80. The van der Waals surface area contributed by atoms with Gasteiger partial charge in [0.15, 0.2) is 17.5 Å². The molecule has 1 aromatic carbocycles. The van der Waals surface area contributed by atoms with Crippen LogP contribution in [0.2, 0.25) is 0 Å². The lowest BCUT2D eigenvalue weighted by Crippen LogP contribution is -2.37. The maximum absolute atomic E-state index is 13.9. The molecule has 0 radical (unpaired) electrons. The monoisotopic (exact) mass is 454 g/mol. The van der Waals surface area contributed by atoms with Gasteiger partial charge in [-0.1, -0.05) is 6.07 Å². The van der Waals surface area contributed by atoms with Crippen LogP contribution < -0.4 is 20.1 Å².